The lowest BCUT2D eigenvalue weighted by Crippen LogP contribution is -2.59. The fourth-order valence-corrected chi connectivity index (χ4v) is 3.66. The Labute approximate surface area is 163 Å². The highest BCUT2D eigenvalue weighted by Gasteiger charge is 2.43. The summed E-state index contributed by atoms with van der Waals surface area (Å²) in [6.45, 7) is -0.323. The molecule has 0 spiro atoms. The van der Waals surface area contributed by atoms with E-state index < -0.39 is 37.3 Å². The molecule has 9 heteroatoms. The van der Waals surface area contributed by atoms with Gasteiger partial charge in [-0.15, -0.1) is 0 Å². The number of carbonyl (C=O) groups excluding carboxylic acids is 2. The summed E-state index contributed by atoms with van der Waals surface area (Å²) >= 11 is 0. The van der Waals surface area contributed by atoms with Crippen molar-refractivity contribution in [2.75, 3.05) is 20.3 Å². The van der Waals surface area contributed by atoms with E-state index in [1.54, 1.807) is 0 Å². The standard InChI is InChI=1S/C19H30O9/c1-26-15(22)9-11-6-7-13(21)12(11)5-3-2-4-8-27-19-18(25)17(24)16(23)14(10-20)28-19/h2-3,11-12,14,16-20,23-25H,4-10H2,1H3/b3-2-/t11-,12-,14-,16-,17+,18-,19-/m1/s1. The van der Waals surface area contributed by atoms with Crippen molar-refractivity contribution < 1.29 is 44.2 Å². The zero-order chi connectivity index (χ0) is 20.7. The molecule has 0 aromatic heterocycles. The van der Waals surface area contributed by atoms with Gasteiger partial charge in [0.25, 0.3) is 0 Å². The number of hydrogen-bond acceptors (Lipinski definition) is 9. The molecule has 160 valence electrons. The first-order chi connectivity index (χ1) is 13.4. The molecule has 7 atom stereocenters. The molecule has 0 aromatic carbocycles. The number of aliphatic hydroxyl groups is 4. The zero-order valence-electron chi connectivity index (χ0n) is 16.0. The second kappa shape index (κ2) is 11.0. The molecule has 9 nitrogen and oxygen atoms in total. The number of rotatable bonds is 9. The molecule has 2 aliphatic rings. The van der Waals surface area contributed by atoms with Crippen LogP contribution in [-0.2, 0) is 23.8 Å². The summed E-state index contributed by atoms with van der Waals surface area (Å²) in [6.07, 6.45) is -0.278. The van der Waals surface area contributed by atoms with Crippen molar-refractivity contribution in [1.29, 1.82) is 0 Å². The van der Waals surface area contributed by atoms with E-state index in [2.05, 4.69) is 4.74 Å². The van der Waals surface area contributed by atoms with Gasteiger partial charge in [0.15, 0.2) is 6.29 Å². The maximum absolute atomic E-state index is 12.0. The van der Waals surface area contributed by atoms with Gasteiger partial charge in [-0.05, 0) is 25.2 Å². The molecular weight excluding hydrogens is 372 g/mol. The maximum Gasteiger partial charge on any atom is 0.305 e. The van der Waals surface area contributed by atoms with Gasteiger partial charge in [0.2, 0.25) is 0 Å². The van der Waals surface area contributed by atoms with Gasteiger partial charge in [-0.2, -0.15) is 0 Å². The van der Waals surface area contributed by atoms with Crippen LogP contribution in [0.1, 0.15) is 32.1 Å². The molecule has 0 unspecified atom stereocenters. The minimum atomic E-state index is -1.47. The monoisotopic (exact) mass is 402 g/mol. The van der Waals surface area contributed by atoms with E-state index in [-0.39, 0.29) is 36.6 Å². The van der Waals surface area contributed by atoms with Crippen LogP contribution >= 0.6 is 0 Å². The predicted octanol–water partition coefficient (Wildman–Crippen LogP) is -0.702. The van der Waals surface area contributed by atoms with Crippen LogP contribution in [0.25, 0.3) is 0 Å². The Morgan fingerprint density at radius 1 is 1.21 bits per heavy atom. The number of esters is 1. The zero-order valence-corrected chi connectivity index (χ0v) is 16.0. The van der Waals surface area contributed by atoms with Crippen LogP contribution in [0.5, 0.6) is 0 Å². The molecule has 0 aromatic rings. The average molecular weight is 402 g/mol. The van der Waals surface area contributed by atoms with Crippen molar-refractivity contribution in [1.82, 2.24) is 0 Å². The van der Waals surface area contributed by atoms with Crippen LogP contribution < -0.4 is 0 Å². The Balaban J connectivity index is 1.73. The first-order valence-electron chi connectivity index (χ1n) is 9.55. The van der Waals surface area contributed by atoms with Crippen molar-refractivity contribution in [3.05, 3.63) is 12.2 Å². The van der Waals surface area contributed by atoms with Crippen LogP contribution in [-0.4, -0.2) is 83.2 Å². The molecule has 1 saturated heterocycles. The smallest absolute Gasteiger partial charge is 0.305 e. The molecule has 2 fully saturated rings. The van der Waals surface area contributed by atoms with Crippen molar-refractivity contribution in [3.8, 4) is 0 Å². The topological polar surface area (TPSA) is 143 Å². The molecular formula is C19H30O9. The van der Waals surface area contributed by atoms with E-state index in [1.165, 1.54) is 7.11 Å². The van der Waals surface area contributed by atoms with Gasteiger partial charge in [-0.3, -0.25) is 9.59 Å². The molecule has 4 N–H and O–H groups in total. The van der Waals surface area contributed by atoms with E-state index in [1.807, 2.05) is 12.2 Å². The van der Waals surface area contributed by atoms with Gasteiger partial charge in [0.1, 0.15) is 30.2 Å². The van der Waals surface area contributed by atoms with Gasteiger partial charge in [0, 0.05) is 18.8 Å². The second-order valence-corrected chi connectivity index (χ2v) is 7.22. The molecule has 28 heavy (non-hydrogen) atoms. The summed E-state index contributed by atoms with van der Waals surface area (Å²) in [5.41, 5.74) is 0. The van der Waals surface area contributed by atoms with Crippen LogP contribution in [0.4, 0.5) is 0 Å². The Kier molecular flexibility index (Phi) is 9.00. The summed E-state index contributed by atoms with van der Waals surface area (Å²) in [5.74, 6) is -0.311. The van der Waals surface area contributed by atoms with E-state index in [0.29, 0.717) is 25.7 Å². The number of allylic oxidation sites excluding steroid dienone is 1. The van der Waals surface area contributed by atoms with Crippen molar-refractivity contribution in [2.45, 2.75) is 62.8 Å². The SMILES string of the molecule is COC(=O)C[C@H]1CCC(=O)[C@@H]1C/C=C\CCO[C@@H]1O[C@H](CO)[C@@H](O)[C@H](O)[C@H]1O. The van der Waals surface area contributed by atoms with Gasteiger partial charge in [-0.25, -0.2) is 0 Å². The summed E-state index contributed by atoms with van der Waals surface area (Å²) in [4.78, 5) is 23.5. The highest BCUT2D eigenvalue weighted by molar-refractivity contribution is 5.84. The minimum Gasteiger partial charge on any atom is -0.469 e. The summed E-state index contributed by atoms with van der Waals surface area (Å²) in [7, 11) is 1.34. The highest BCUT2D eigenvalue weighted by Crippen LogP contribution is 2.34. The van der Waals surface area contributed by atoms with Crippen LogP contribution in [0.3, 0.4) is 0 Å². The molecule has 0 radical (unpaired) electrons. The lowest BCUT2D eigenvalue weighted by atomic mass is 9.89. The molecule has 1 aliphatic heterocycles. The van der Waals surface area contributed by atoms with E-state index in [4.69, 9.17) is 14.6 Å². The predicted molar refractivity (Wildman–Crippen MR) is 95.9 cm³/mol. The number of Topliss-reactive ketones (excluding diaryl/α,β-unsaturated/α-hetero) is 1. The molecule has 2 rings (SSSR count). The number of aliphatic hydroxyl groups excluding tert-OH is 4. The fourth-order valence-electron chi connectivity index (χ4n) is 3.66. The Morgan fingerprint density at radius 2 is 1.96 bits per heavy atom. The number of ether oxygens (including phenoxy) is 3. The Bertz CT molecular complexity index is 548. The van der Waals surface area contributed by atoms with Crippen molar-refractivity contribution in [2.24, 2.45) is 11.8 Å². The molecule has 1 aliphatic carbocycles. The number of methoxy groups -OCH3 is 1. The van der Waals surface area contributed by atoms with Gasteiger partial charge < -0.3 is 34.6 Å². The fraction of sp³-hybridized carbons (Fsp3) is 0.789. The third-order valence-electron chi connectivity index (χ3n) is 5.37. The Hall–Kier alpha value is -1.36. The average Bonchev–Trinajstić information content (AvgIpc) is 3.03. The molecule has 1 heterocycles. The summed E-state index contributed by atoms with van der Waals surface area (Å²) in [6, 6.07) is 0. The van der Waals surface area contributed by atoms with Gasteiger partial charge in [0.05, 0.1) is 20.3 Å². The quantitative estimate of drug-likeness (QED) is 0.224. The number of hydrogen-bond donors (Lipinski definition) is 4. The van der Waals surface area contributed by atoms with Gasteiger partial charge >= 0.3 is 5.97 Å². The van der Waals surface area contributed by atoms with Gasteiger partial charge in [-0.1, -0.05) is 12.2 Å². The number of ketones is 1. The first-order valence-corrected chi connectivity index (χ1v) is 9.55. The van der Waals surface area contributed by atoms with Crippen molar-refractivity contribution >= 4 is 11.8 Å². The summed E-state index contributed by atoms with van der Waals surface area (Å²) in [5, 5.41) is 38.5. The highest BCUT2D eigenvalue weighted by atomic mass is 16.7. The maximum atomic E-state index is 12.0. The van der Waals surface area contributed by atoms with Crippen molar-refractivity contribution in [3.63, 3.8) is 0 Å². The summed E-state index contributed by atoms with van der Waals surface area (Å²) < 4.78 is 15.3. The van der Waals surface area contributed by atoms with Crippen LogP contribution in [0.15, 0.2) is 12.2 Å². The molecule has 0 bridgehead atoms. The van der Waals surface area contributed by atoms with Crippen LogP contribution in [0, 0.1) is 11.8 Å². The third kappa shape index (κ3) is 5.82. The number of carbonyl (C=O) groups is 2. The molecule has 0 amide bonds. The third-order valence-corrected chi connectivity index (χ3v) is 5.37. The molecule has 1 saturated carbocycles. The lowest BCUT2D eigenvalue weighted by molar-refractivity contribution is -0.300. The van der Waals surface area contributed by atoms with E-state index in [9.17, 15) is 24.9 Å². The minimum absolute atomic E-state index is 0.00923. The largest absolute Gasteiger partial charge is 0.469 e. The second-order valence-electron chi connectivity index (χ2n) is 7.22. The van der Waals surface area contributed by atoms with E-state index >= 15 is 0 Å². The Morgan fingerprint density at radius 3 is 2.64 bits per heavy atom. The van der Waals surface area contributed by atoms with E-state index in [0.717, 1.165) is 0 Å². The first kappa shape index (κ1) is 22.9. The normalized spacial score (nSPS) is 36.2. The lowest BCUT2D eigenvalue weighted by Gasteiger charge is -2.39. The van der Waals surface area contributed by atoms with Crippen LogP contribution in [0.2, 0.25) is 0 Å².